The maximum atomic E-state index is 11.5. The summed E-state index contributed by atoms with van der Waals surface area (Å²) in [5, 5.41) is 0.423. The highest BCUT2D eigenvalue weighted by molar-refractivity contribution is 6.30. The Hall–Kier alpha value is -1.59. The summed E-state index contributed by atoms with van der Waals surface area (Å²) in [7, 11) is 0. The van der Waals surface area contributed by atoms with Crippen molar-refractivity contribution in [3.8, 4) is 0 Å². The Labute approximate surface area is 90.8 Å². The third kappa shape index (κ3) is 1.45. The molecule has 2 aromatic rings. The van der Waals surface area contributed by atoms with E-state index in [-0.39, 0.29) is 0 Å². The number of imidazole rings is 1. The van der Waals surface area contributed by atoms with E-state index in [0.717, 1.165) is 0 Å². The van der Waals surface area contributed by atoms with E-state index in [1.165, 1.54) is 0 Å². The Morgan fingerprint density at radius 3 is 3.00 bits per heavy atom. The lowest BCUT2D eigenvalue weighted by Gasteiger charge is -2.02. The standard InChI is InChI=1S/C9H9ClN4O/c1-5-8(9(15)13-11)14-6(10)3-2-4-7(14)12-5/h2-4H,11H2,1H3,(H,13,15). The average molecular weight is 225 g/mol. The van der Waals surface area contributed by atoms with Crippen LogP contribution >= 0.6 is 11.6 Å². The molecule has 1 amide bonds. The fraction of sp³-hybridized carbons (Fsp3) is 0.111. The third-order valence-corrected chi connectivity index (χ3v) is 2.41. The van der Waals surface area contributed by atoms with E-state index < -0.39 is 5.91 Å². The molecule has 0 atom stereocenters. The number of pyridine rings is 1. The molecule has 0 aliphatic rings. The number of rotatable bonds is 1. The topological polar surface area (TPSA) is 72.4 Å². The van der Waals surface area contributed by atoms with Crippen molar-refractivity contribution in [2.45, 2.75) is 6.92 Å². The van der Waals surface area contributed by atoms with Gasteiger partial charge in [0, 0.05) is 0 Å². The normalized spacial score (nSPS) is 10.6. The molecule has 0 spiro atoms. The molecular weight excluding hydrogens is 216 g/mol. The first-order valence-corrected chi connectivity index (χ1v) is 4.67. The summed E-state index contributed by atoms with van der Waals surface area (Å²) < 4.78 is 1.55. The van der Waals surface area contributed by atoms with E-state index in [1.54, 1.807) is 29.5 Å². The molecule has 0 saturated heterocycles. The van der Waals surface area contributed by atoms with E-state index in [0.29, 0.717) is 22.2 Å². The quantitative estimate of drug-likeness (QED) is 0.327. The SMILES string of the molecule is Cc1nc2cccc(Cl)n2c1C(=O)NN. The number of hydrazine groups is 1. The maximum absolute atomic E-state index is 11.5. The molecule has 2 heterocycles. The zero-order chi connectivity index (χ0) is 11.0. The molecule has 0 aromatic carbocycles. The molecule has 0 bridgehead atoms. The Morgan fingerprint density at radius 2 is 2.33 bits per heavy atom. The molecule has 78 valence electrons. The molecule has 0 saturated carbocycles. The van der Waals surface area contributed by atoms with Crippen molar-refractivity contribution in [1.82, 2.24) is 14.8 Å². The maximum Gasteiger partial charge on any atom is 0.284 e. The molecule has 0 fully saturated rings. The predicted octanol–water partition coefficient (Wildman–Crippen LogP) is 0.900. The van der Waals surface area contributed by atoms with Crippen molar-refractivity contribution in [3.63, 3.8) is 0 Å². The van der Waals surface area contributed by atoms with Gasteiger partial charge in [0.05, 0.1) is 5.69 Å². The molecule has 0 aliphatic carbocycles. The van der Waals surface area contributed by atoms with Crippen LogP contribution in [0.4, 0.5) is 0 Å². The number of nitrogens with one attached hydrogen (secondary N) is 1. The summed E-state index contributed by atoms with van der Waals surface area (Å²) in [4.78, 5) is 15.7. The molecule has 0 radical (unpaired) electrons. The van der Waals surface area contributed by atoms with Crippen LogP contribution in [-0.2, 0) is 0 Å². The summed E-state index contributed by atoms with van der Waals surface area (Å²) in [6, 6.07) is 5.23. The van der Waals surface area contributed by atoms with Crippen molar-refractivity contribution >= 4 is 23.2 Å². The van der Waals surface area contributed by atoms with E-state index in [2.05, 4.69) is 10.4 Å². The molecule has 3 N–H and O–H groups in total. The fourth-order valence-electron chi connectivity index (χ4n) is 1.50. The lowest BCUT2D eigenvalue weighted by molar-refractivity contribution is 0.0947. The predicted molar refractivity (Wildman–Crippen MR) is 56.6 cm³/mol. The highest BCUT2D eigenvalue weighted by Gasteiger charge is 2.16. The van der Waals surface area contributed by atoms with Gasteiger partial charge >= 0.3 is 0 Å². The second kappa shape index (κ2) is 3.52. The van der Waals surface area contributed by atoms with Gasteiger partial charge in [-0.05, 0) is 19.1 Å². The van der Waals surface area contributed by atoms with E-state index in [4.69, 9.17) is 17.4 Å². The first kappa shape index (κ1) is 9.95. The van der Waals surface area contributed by atoms with Crippen LogP contribution in [0, 0.1) is 6.92 Å². The van der Waals surface area contributed by atoms with Gasteiger partial charge in [0.25, 0.3) is 5.91 Å². The van der Waals surface area contributed by atoms with Gasteiger partial charge in [0.2, 0.25) is 0 Å². The third-order valence-electron chi connectivity index (χ3n) is 2.12. The molecule has 0 unspecified atom stereocenters. The van der Waals surface area contributed by atoms with Crippen molar-refractivity contribution in [2.24, 2.45) is 5.84 Å². The Kier molecular flexibility index (Phi) is 2.34. The first-order valence-electron chi connectivity index (χ1n) is 4.29. The van der Waals surface area contributed by atoms with Gasteiger partial charge in [0.1, 0.15) is 16.5 Å². The summed E-state index contributed by atoms with van der Waals surface area (Å²) in [6.07, 6.45) is 0. The lowest BCUT2D eigenvalue weighted by atomic mass is 10.3. The van der Waals surface area contributed by atoms with Gasteiger partial charge in [-0.25, -0.2) is 10.8 Å². The monoisotopic (exact) mass is 224 g/mol. The van der Waals surface area contributed by atoms with Gasteiger partial charge in [-0.3, -0.25) is 14.6 Å². The van der Waals surface area contributed by atoms with Crippen LogP contribution in [-0.4, -0.2) is 15.3 Å². The van der Waals surface area contributed by atoms with Crippen molar-refractivity contribution < 1.29 is 4.79 Å². The average Bonchev–Trinajstić information content (AvgIpc) is 2.55. The number of aromatic nitrogens is 2. The summed E-state index contributed by atoms with van der Waals surface area (Å²) in [6.45, 7) is 1.73. The molecule has 5 nitrogen and oxygen atoms in total. The number of aryl methyl sites for hydroxylation is 1. The molecule has 2 aromatic heterocycles. The van der Waals surface area contributed by atoms with E-state index in [9.17, 15) is 4.79 Å². The number of amides is 1. The van der Waals surface area contributed by atoms with Crippen LogP contribution in [0.1, 0.15) is 16.2 Å². The molecule has 0 aliphatic heterocycles. The lowest BCUT2D eigenvalue weighted by Crippen LogP contribution is -2.31. The van der Waals surface area contributed by atoms with Crippen LogP contribution in [0.5, 0.6) is 0 Å². The van der Waals surface area contributed by atoms with Crippen molar-refractivity contribution in [1.29, 1.82) is 0 Å². The number of nitrogens with two attached hydrogens (primary N) is 1. The number of halogens is 1. The Bertz CT molecular complexity index is 534. The minimum atomic E-state index is -0.409. The summed E-state index contributed by atoms with van der Waals surface area (Å²) in [5.41, 5.74) is 3.64. The largest absolute Gasteiger partial charge is 0.289 e. The van der Waals surface area contributed by atoms with Crippen LogP contribution in [0.25, 0.3) is 5.65 Å². The second-order valence-electron chi connectivity index (χ2n) is 3.06. The van der Waals surface area contributed by atoms with Crippen molar-refractivity contribution in [2.75, 3.05) is 0 Å². The highest BCUT2D eigenvalue weighted by Crippen LogP contribution is 2.18. The zero-order valence-electron chi connectivity index (χ0n) is 7.99. The second-order valence-corrected chi connectivity index (χ2v) is 3.45. The van der Waals surface area contributed by atoms with E-state index in [1.807, 2.05) is 0 Å². The minimum Gasteiger partial charge on any atom is -0.289 e. The minimum absolute atomic E-state index is 0.359. The number of fused-ring (bicyclic) bond motifs is 1. The highest BCUT2D eigenvalue weighted by atomic mass is 35.5. The smallest absolute Gasteiger partial charge is 0.284 e. The number of carbonyl (C=O) groups is 1. The van der Waals surface area contributed by atoms with Crippen LogP contribution in [0.15, 0.2) is 18.2 Å². The molecule has 15 heavy (non-hydrogen) atoms. The zero-order valence-corrected chi connectivity index (χ0v) is 8.75. The van der Waals surface area contributed by atoms with Crippen LogP contribution in [0.2, 0.25) is 5.15 Å². The summed E-state index contributed by atoms with van der Waals surface area (Å²) >= 11 is 5.98. The number of hydrogen-bond donors (Lipinski definition) is 2. The Balaban J connectivity index is 2.82. The number of carbonyl (C=O) groups excluding carboxylic acids is 1. The van der Waals surface area contributed by atoms with Gasteiger partial charge in [-0.1, -0.05) is 17.7 Å². The Morgan fingerprint density at radius 1 is 1.60 bits per heavy atom. The van der Waals surface area contributed by atoms with Gasteiger partial charge in [-0.15, -0.1) is 0 Å². The molecule has 2 rings (SSSR count). The van der Waals surface area contributed by atoms with Gasteiger partial charge in [0.15, 0.2) is 0 Å². The number of hydrogen-bond acceptors (Lipinski definition) is 3. The van der Waals surface area contributed by atoms with Gasteiger partial charge < -0.3 is 0 Å². The van der Waals surface area contributed by atoms with Crippen molar-refractivity contribution in [3.05, 3.63) is 34.7 Å². The first-order chi connectivity index (χ1) is 7.15. The van der Waals surface area contributed by atoms with Crippen LogP contribution in [0.3, 0.4) is 0 Å². The molecular formula is C9H9ClN4O. The molecule has 6 heteroatoms. The number of nitrogen functional groups attached to an aromatic ring is 1. The summed E-state index contributed by atoms with van der Waals surface area (Å²) in [5.74, 6) is 4.68. The van der Waals surface area contributed by atoms with E-state index >= 15 is 0 Å². The fourth-order valence-corrected chi connectivity index (χ4v) is 1.75. The van der Waals surface area contributed by atoms with Crippen LogP contribution < -0.4 is 11.3 Å². The number of nitrogens with zero attached hydrogens (tertiary/aromatic N) is 2. The van der Waals surface area contributed by atoms with Gasteiger partial charge in [-0.2, -0.15) is 0 Å².